The zero-order chi connectivity index (χ0) is 16.2. The third kappa shape index (κ3) is 7.15. The second kappa shape index (κ2) is 8.95. The van der Waals surface area contributed by atoms with Crippen molar-refractivity contribution in [1.82, 2.24) is 5.32 Å². The van der Waals surface area contributed by atoms with E-state index in [1.165, 1.54) is 11.3 Å². The van der Waals surface area contributed by atoms with Crippen molar-refractivity contribution in [3.63, 3.8) is 0 Å². The van der Waals surface area contributed by atoms with E-state index in [-0.39, 0.29) is 23.1 Å². The Kier molecular flexibility index (Phi) is 7.91. The molecule has 1 atom stereocenters. The van der Waals surface area contributed by atoms with Gasteiger partial charge < -0.3 is 10.6 Å². The molecule has 1 fully saturated rings. The van der Waals surface area contributed by atoms with Gasteiger partial charge in [-0.2, -0.15) is 0 Å². The Morgan fingerprint density at radius 2 is 2.13 bits per heavy atom. The highest BCUT2D eigenvalue weighted by molar-refractivity contribution is 8.00. The number of amides is 1. The lowest BCUT2D eigenvalue weighted by molar-refractivity contribution is -0.116. The van der Waals surface area contributed by atoms with Gasteiger partial charge in [0.15, 0.2) is 0 Å². The summed E-state index contributed by atoms with van der Waals surface area (Å²) in [5.74, 6) is 0.795. The molecule has 1 aliphatic heterocycles. The fraction of sp³-hybridized carbons (Fsp3) is 0.611. The van der Waals surface area contributed by atoms with Gasteiger partial charge in [0.05, 0.1) is 0 Å². The molecule has 0 aromatic heterocycles. The van der Waals surface area contributed by atoms with Crippen LogP contribution in [0.1, 0.15) is 45.6 Å². The van der Waals surface area contributed by atoms with E-state index in [2.05, 4.69) is 50.5 Å². The van der Waals surface area contributed by atoms with Gasteiger partial charge >= 0.3 is 0 Å². The predicted octanol–water partition coefficient (Wildman–Crippen LogP) is 4.64. The van der Waals surface area contributed by atoms with E-state index in [4.69, 9.17) is 0 Å². The van der Waals surface area contributed by atoms with Crippen molar-refractivity contribution in [2.45, 2.75) is 56.6 Å². The van der Waals surface area contributed by atoms with Gasteiger partial charge in [-0.1, -0.05) is 20.8 Å². The lowest BCUT2D eigenvalue weighted by Gasteiger charge is -2.18. The van der Waals surface area contributed by atoms with E-state index in [1.54, 1.807) is 0 Å². The van der Waals surface area contributed by atoms with Crippen LogP contribution in [0.15, 0.2) is 23.1 Å². The molecule has 130 valence electrons. The number of hydrogen-bond donors (Lipinski definition) is 2. The number of carbonyl (C=O) groups excluding carboxylic acids is 1. The minimum absolute atomic E-state index is 0. The van der Waals surface area contributed by atoms with Crippen LogP contribution in [0.3, 0.4) is 0 Å². The average Bonchev–Trinajstić information content (AvgIpc) is 2.91. The van der Waals surface area contributed by atoms with Gasteiger partial charge in [0.25, 0.3) is 0 Å². The second-order valence-electron chi connectivity index (χ2n) is 7.14. The molecule has 1 aliphatic rings. The van der Waals surface area contributed by atoms with Crippen LogP contribution < -0.4 is 10.6 Å². The molecular formula is C18H29ClN2OS. The second-order valence-corrected chi connectivity index (χ2v) is 9.04. The molecule has 1 amide bonds. The lowest BCUT2D eigenvalue weighted by Crippen LogP contribution is -2.15. The Morgan fingerprint density at radius 1 is 1.39 bits per heavy atom. The summed E-state index contributed by atoms with van der Waals surface area (Å²) in [6.45, 7) is 10.8. The highest BCUT2D eigenvalue weighted by Crippen LogP contribution is 2.33. The third-order valence-corrected chi connectivity index (χ3v) is 4.94. The summed E-state index contributed by atoms with van der Waals surface area (Å²) in [5.41, 5.74) is 2.07. The standard InChI is InChI=1S/C18H28N2OS.ClH/c1-13-11-15(22-18(2,3)4)6-7-16(13)20-17(21)8-5-14-9-10-19-12-14;/h6-7,11,14,19H,5,8-10,12H2,1-4H3,(H,20,21);1H. The zero-order valence-corrected chi connectivity index (χ0v) is 16.2. The fourth-order valence-electron chi connectivity index (χ4n) is 2.70. The number of nitrogens with one attached hydrogen (secondary N) is 2. The summed E-state index contributed by atoms with van der Waals surface area (Å²) in [6.07, 6.45) is 2.80. The van der Waals surface area contributed by atoms with E-state index in [1.807, 2.05) is 17.8 Å². The molecule has 23 heavy (non-hydrogen) atoms. The molecule has 3 nitrogen and oxygen atoms in total. The molecule has 1 saturated heterocycles. The molecule has 2 N–H and O–H groups in total. The number of hydrogen-bond acceptors (Lipinski definition) is 3. The van der Waals surface area contributed by atoms with Crippen molar-refractivity contribution in [2.75, 3.05) is 18.4 Å². The van der Waals surface area contributed by atoms with Crippen molar-refractivity contribution < 1.29 is 4.79 Å². The predicted molar refractivity (Wildman–Crippen MR) is 103 cm³/mol. The molecule has 1 aromatic carbocycles. The van der Waals surface area contributed by atoms with Gasteiger partial charge in [0.2, 0.25) is 5.91 Å². The number of carbonyl (C=O) groups is 1. The summed E-state index contributed by atoms with van der Waals surface area (Å²) in [5, 5.41) is 6.40. The SMILES string of the molecule is Cc1cc(SC(C)(C)C)ccc1NC(=O)CCC1CCNC1.Cl. The number of anilines is 1. The minimum atomic E-state index is 0. The molecule has 1 unspecified atom stereocenters. The zero-order valence-electron chi connectivity index (χ0n) is 14.6. The van der Waals surface area contributed by atoms with Crippen molar-refractivity contribution in [3.8, 4) is 0 Å². The van der Waals surface area contributed by atoms with Gasteiger partial charge in [-0.25, -0.2) is 0 Å². The van der Waals surface area contributed by atoms with Gasteiger partial charge in [-0.05, 0) is 62.5 Å². The van der Waals surface area contributed by atoms with E-state index in [9.17, 15) is 4.79 Å². The monoisotopic (exact) mass is 356 g/mol. The average molecular weight is 357 g/mol. The topological polar surface area (TPSA) is 41.1 Å². The lowest BCUT2D eigenvalue weighted by atomic mass is 10.0. The number of thioether (sulfide) groups is 1. The van der Waals surface area contributed by atoms with E-state index in [0.717, 1.165) is 30.8 Å². The van der Waals surface area contributed by atoms with Crippen LogP contribution in [0.5, 0.6) is 0 Å². The quantitative estimate of drug-likeness (QED) is 0.755. The molecule has 0 bridgehead atoms. The Morgan fingerprint density at radius 3 is 2.70 bits per heavy atom. The molecule has 1 heterocycles. The molecular weight excluding hydrogens is 328 g/mol. The normalized spacial score (nSPS) is 17.7. The number of rotatable bonds is 5. The minimum Gasteiger partial charge on any atom is -0.326 e. The first-order valence-electron chi connectivity index (χ1n) is 8.14. The first kappa shape index (κ1) is 20.3. The number of aryl methyl sites for hydroxylation is 1. The first-order valence-corrected chi connectivity index (χ1v) is 8.95. The molecule has 0 radical (unpaired) electrons. The van der Waals surface area contributed by atoms with Crippen LogP contribution in [0, 0.1) is 12.8 Å². The van der Waals surface area contributed by atoms with Gasteiger partial charge in [-0.3, -0.25) is 4.79 Å². The molecule has 1 aromatic rings. The molecule has 5 heteroatoms. The van der Waals surface area contributed by atoms with Crippen LogP contribution in [0.2, 0.25) is 0 Å². The van der Waals surface area contributed by atoms with Crippen LogP contribution in [0.4, 0.5) is 5.69 Å². The molecule has 0 spiro atoms. The Bertz CT molecular complexity index is 522. The summed E-state index contributed by atoms with van der Waals surface area (Å²) >= 11 is 1.85. The van der Waals surface area contributed by atoms with Gasteiger partial charge in [0, 0.05) is 21.8 Å². The summed E-state index contributed by atoms with van der Waals surface area (Å²) < 4.78 is 0.201. The summed E-state index contributed by atoms with van der Waals surface area (Å²) in [7, 11) is 0. The molecule has 2 rings (SSSR count). The largest absolute Gasteiger partial charge is 0.326 e. The summed E-state index contributed by atoms with van der Waals surface area (Å²) in [4.78, 5) is 13.3. The highest BCUT2D eigenvalue weighted by Gasteiger charge is 2.16. The van der Waals surface area contributed by atoms with Crippen molar-refractivity contribution in [2.24, 2.45) is 5.92 Å². The maximum Gasteiger partial charge on any atom is 0.224 e. The van der Waals surface area contributed by atoms with Crippen LogP contribution >= 0.6 is 24.2 Å². The van der Waals surface area contributed by atoms with Crippen LogP contribution in [-0.4, -0.2) is 23.7 Å². The van der Waals surface area contributed by atoms with Crippen LogP contribution in [0.25, 0.3) is 0 Å². The van der Waals surface area contributed by atoms with Gasteiger partial charge in [0.1, 0.15) is 0 Å². The van der Waals surface area contributed by atoms with E-state index >= 15 is 0 Å². The number of benzene rings is 1. The number of halogens is 1. The van der Waals surface area contributed by atoms with Crippen LogP contribution in [-0.2, 0) is 4.79 Å². The van der Waals surface area contributed by atoms with Gasteiger partial charge in [-0.15, -0.1) is 24.2 Å². The van der Waals surface area contributed by atoms with Crippen molar-refractivity contribution in [1.29, 1.82) is 0 Å². The Balaban J connectivity index is 0.00000264. The first-order chi connectivity index (χ1) is 10.3. The smallest absolute Gasteiger partial charge is 0.224 e. The molecule has 0 aliphatic carbocycles. The maximum absolute atomic E-state index is 12.1. The fourth-order valence-corrected chi connectivity index (χ4v) is 3.78. The maximum atomic E-state index is 12.1. The van der Waals surface area contributed by atoms with Crippen molar-refractivity contribution in [3.05, 3.63) is 23.8 Å². The Hall–Kier alpha value is -0.710. The molecule has 0 saturated carbocycles. The summed E-state index contributed by atoms with van der Waals surface area (Å²) in [6, 6.07) is 6.28. The Labute approximate surface area is 150 Å². The van der Waals surface area contributed by atoms with E-state index < -0.39 is 0 Å². The third-order valence-electron chi connectivity index (χ3n) is 3.84. The highest BCUT2D eigenvalue weighted by atomic mass is 35.5. The van der Waals surface area contributed by atoms with Crippen molar-refractivity contribution >= 4 is 35.8 Å². The van der Waals surface area contributed by atoms with E-state index in [0.29, 0.717) is 12.3 Å².